The van der Waals surface area contributed by atoms with Gasteiger partial charge in [0.1, 0.15) is 5.75 Å². The number of nitrogens with one attached hydrogen (secondary N) is 2. The second-order valence-corrected chi connectivity index (χ2v) is 6.18. The van der Waals surface area contributed by atoms with Crippen molar-refractivity contribution in [3.05, 3.63) is 23.8 Å². The fourth-order valence-electron chi connectivity index (χ4n) is 2.99. The maximum Gasteiger partial charge on any atom is 0.387 e. The fraction of sp³-hybridized carbons (Fsp3) is 0.588. The highest BCUT2D eigenvalue weighted by molar-refractivity contribution is 5.91. The lowest BCUT2D eigenvalue weighted by Crippen LogP contribution is -2.32. The number of hydrogen-bond acceptors (Lipinski definition) is 3. The van der Waals surface area contributed by atoms with Crippen LogP contribution in [0.15, 0.2) is 18.2 Å². The van der Waals surface area contributed by atoms with E-state index in [0.29, 0.717) is 29.5 Å². The SMILES string of the molecule is Cc1ccc(NC(=O)CC(C)C2CCNCC2)cc1OC(F)F.Cl. The number of hydrogen-bond donors (Lipinski definition) is 2. The third-order valence-electron chi connectivity index (χ3n) is 4.38. The van der Waals surface area contributed by atoms with Crippen LogP contribution in [-0.2, 0) is 4.79 Å². The summed E-state index contributed by atoms with van der Waals surface area (Å²) in [6.45, 7) is 2.91. The van der Waals surface area contributed by atoms with E-state index < -0.39 is 6.61 Å². The highest BCUT2D eigenvalue weighted by Gasteiger charge is 2.22. The molecule has 2 rings (SSSR count). The van der Waals surface area contributed by atoms with Gasteiger partial charge in [-0.15, -0.1) is 12.4 Å². The van der Waals surface area contributed by atoms with Crippen LogP contribution in [0.5, 0.6) is 5.75 Å². The van der Waals surface area contributed by atoms with Crippen molar-refractivity contribution in [3.8, 4) is 5.75 Å². The Morgan fingerprint density at radius 2 is 2.04 bits per heavy atom. The smallest absolute Gasteiger partial charge is 0.387 e. The van der Waals surface area contributed by atoms with Crippen LogP contribution < -0.4 is 15.4 Å². The van der Waals surface area contributed by atoms with Crippen molar-refractivity contribution >= 4 is 24.0 Å². The minimum absolute atomic E-state index is 0. The number of anilines is 1. The molecule has 1 amide bonds. The number of alkyl halides is 2. The third-order valence-corrected chi connectivity index (χ3v) is 4.38. The Hall–Kier alpha value is -1.40. The Bertz CT molecular complexity index is 537. The third kappa shape index (κ3) is 6.24. The molecule has 2 N–H and O–H groups in total. The topological polar surface area (TPSA) is 50.4 Å². The zero-order chi connectivity index (χ0) is 16.8. The number of amides is 1. The summed E-state index contributed by atoms with van der Waals surface area (Å²) in [7, 11) is 0. The number of benzene rings is 1. The molecule has 0 saturated carbocycles. The molecule has 7 heteroatoms. The van der Waals surface area contributed by atoms with Gasteiger partial charge in [-0.2, -0.15) is 8.78 Å². The molecule has 1 saturated heterocycles. The van der Waals surface area contributed by atoms with E-state index >= 15 is 0 Å². The number of rotatable bonds is 6. The summed E-state index contributed by atoms with van der Waals surface area (Å²) in [6, 6.07) is 4.79. The molecule has 1 aromatic rings. The van der Waals surface area contributed by atoms with Gasteiger partial charge in [-0.25, -0.2) is 0 Å². The molecule has 0 aliphatic carbocycles. The molecule has 1 fully saturated rings. The first-order chi connectivity index (χ1) is 11.0. The Morgan fingerprint density at radius 3 is 2.67 bits per heavy atom. The highest BCUT2D eigenvalue weighted by atomic mass is 35.5. The average Bonchev–Trinajstić information content (AvgIpc) is 2.51. The number of halogens is 3. The maximum absolute atomic E-state index is 12.4. The van der Waals surface area contributed by atoms with Gasteiger partial charge in [-0.1, -0.05) is 13.0 Å². The van der Waals surface area contributed by atoms with Crippen LogP contribution in [0.1, 0.15) is 31.7 Å². The van der Waals surface area contributed by atoms with Crippen molar-refractivity contribution in [1.29, 1.82) is 0 Å². The largest absolute Gasteiger partial charge is 0.434 e. The van der Waals surface area contributed by atoms with E-state index in [1.165, 1.54) is 6.07 Å². The molecule has 0 bridgehead atoms. The molecule has 1 unspecified atom stereocenters. The second-order valence-electron chi connectivity index (χ2n) is 6.18. The van der Waals surface area contributed by atoms with Gasteiger partial charge < -0.3 is 15.4 Å². The normalized spacial score (nSPS) is 16.4. The Morgan fingerprint density at radius 1 is 1.38 bits per heavy atom. The second kappa shape index (κ2) is 9.79. The molecular formula is C17H25ClF2N2O2. The van der Waals surface area contributed by atoms with Gasteiger partial charge in [0.05, 0.1) is 0 Å². The van der Waals surface area contributed by atoms with E-state index in [2.05, 4.69) is 22.3 Å². The molecule has 1 atom stereocenters. The van der Waals surface area contributed by atoms with Crippen LogP contribution >= 0.6 is 12.4 Å². The summed E-state index contributed by atoms with van der Waals surface area (Å²) in [5.74, 6) is 0.851. The number of carbonyl (C=O) groups is 1. The molecule has 0 aromatic heterocycles. The number of carbonyl (C=O) groups excluding carboxylic acids is 1. The standard InChI is InChI=1S/C17H24F2N2O2.ClH/c1-11-3-4-14(10-15(11)23-17(18)19)21-16(22)9-12(2)13-5-7-20-8-6-13;/h3-4,10,12-13,17,20H,5-9H2,1-2H3,(H,21,22);1H. The molecule has 4 nitrogen and oxygen atoms in total. The van der Waals surface area contributed by atoms with Gasteiger partial charge in [0, 0.05) is 18.2 Å². The van der Waals surface area contributed by atoms with Crippen LogP contribution in [0.2, 0.25) is 0 Å². The monoisotopic (exact) mass is 362 g/mol. The van der Waals surface area contributed by atoms with Crippen LogP contribution in [0.3, 0.4) is 0 Å². The molecule has 0 spiro atoms. The minimum Gasteiger partial charge on any atom is -0.434 e. The van der Waals surface area contributed by atoms with E-state index in [-0.39, 0.29) is 24.1 Å². The highest BCUT2D eigenvalue weighted by Crippen LogP contribution is 2.27. The first-order valence-corrected chi connectivity index (χ1v) is 8.01. The van der Waals surface area contributed by atoms with Crippen molar-refractivity contribution in [1.82, 2.24) is 5.32 Å². The molecule has 0 radical (unpaired) electrons. The van der Waals surface area contributed by atoms with Gasteiger partial charge in [-0.05, 0) is 56.3 Å². The fourth-order valence-corrected chi connectivity index (χ4v) is 2.99. The van der Waals surface area contributed by atoms with Crippen LogP contribution in [-0.4, -0.2) is 25.6 Å². The maximum atomic E-state index is 12.4. The lowest BCUT2D eigenvalue weighted by atomic mass is 9.84. The van der Waals surface area contributed by atoms with Gasteiger partial charge in [0.15, 0.2) is 0 Å². The molecule has 1 aromatic carbocycles. The van der Waals surface area contributed by atoms with Gasteiger partial charge in [0.25, 0.3) is 0 Å². The Kier molecular flexibility index (Phi) is 8.42. The molecule has 1 aliphatic rings. The van der Waals surface area contributed by atoms with E-state index in [1.807, 2.05) is 0 Å². The summed E-state index contributed by atoms with van der Waals surface area (Å²) >= 11 is 0. The van der Waals surface area contributed by atoms with Crippen LogP contribution in [0, 0.1) is 18.8 Å². The summed E-state index contributed by atoms with van der Waals surface area (Å²) in [6.07, 6.45) is 2.61. The molecule has 1 heterocycles. The van der Waals surface area contributed by atoms with Crippen molar-refractivity contribution in [2.45, 2.75) is 39.7 Å². The van der Waals surface area contributed by atoms with E-state index in [9.17, 15) is 13.6 Å². The Labute approximate surface area is 147 Å². The number of ether oxygens (including phenoxy) is 1. The van der Waals surface area contributed by atoms with Crippen LogP contribution in [0.25, 0.3) is 0 Å². The first kappa shape index (κ1) is 20.6. The lowest BCUT2D eigenvalue weighted by Gasteiger charge is -2.27. The van der Waals surface area contributed by atoms with E-state index in [1.54, 1.807) is 19.1 Å². The summed E-state index contributed by atoms with van der Waals surface area (Å²) in [5.41, 5.74) is 1.08. The predicted molar refractivity (Wildman–Crippen MR) is 93.1 cm³/mol. The number of aryl methyl sites for hydroxylation is 1. The summed E-state index contributed by atoms with van der Waals surface area (Å²) in [5, 5.41) is 6.09. The van der Waals surface area contributed by atoms with Crippen molar-refractivity contribution < 1.29 is 18.3 Å². The van der Waals surface area contributed by atoms with E-state index in [4.69, 9.17) is 0 Å². The number of piperidine rings is 1. The van der Waals surface area contributed by atoms with Crippen molar-refractivity contribution in [3.63, 3.8) is 0 Å². The quantitative estimate of drug-likeness (QED) is 0.804. The summed E-state index contributed by atoms with van der Waals surface area (Å²) < 4.78 is 29.2. The predicted octanol–water partition coefficient (Wildman–Crippen LogP) is 3.98. The molecular weight excluding hydrogens is 338 g/mol. The lowest BCUT2D eigenvalue weighted by molar-refractivity contribution is -0.117. The zero-order valence-electron chi connectivity index (χ0n) is 14.0. The molecule has 24 heavy (non-hydrogen) atoms. The van der Waals surface area contributed by atoms with Crippen molar-refractivity contribution in [2.75, 3.05) is 18.4 Å². The van der Waals surface area contributed by atoms with Gasteiger partial charge in [-0.3, -0.25) is 4.79 Å². The van der Waals surface area contributed by atoms with Crippen molar-refractivity contribution in [2.24, 2.45) is 11.8 Å². The van der Waals surface area contributed by atoms with E-state index in [0.717, 1.165) is 25.9 Å². The molecule has 136 valence electrons. The van der Waals surface area contributed by atoms with Gasteiger partial charge >= 0.3 is 6.61 Å². The van der Waals surface area contributed by atoms with Crippen LogP contribution in [0.4, 0.5) is 14.5 Å². The minimum atomic E-state index is -2.88. The van der Waals surface area contributed by atoms with Gasteiger partial charge in [0.2, 0.25) is 5.91 Å². The Balaban J connectivity index is 0.00000288. The first-order valence-electron chi connectivity index (χ1n) is 8.01. The average molecular weight is 363 g/mol. The molecule has 1 aliphatic heterocycles. The summed E-state index contributed by atoms with van der Waals surface area (Å²) in [4.78, 5) is 12.2. The zero-order valence-corrected chi connectivity index (χ0v) is 14.8.